The van der Waals surface area contributed by atoms with Crippen LogP contribution in [0.4, 0.5) is 23.0 Å². The van der Waals surface area contributed by atoms with Crippen molar-refractivity contribution >= 4 is 33.9 Å². The van der Waals surface area contributed by atoms with Crippen molar-refractivity contribution in [2.45, 2.75) is 6.54 Å². The number of nitro groups is 1. The van der Waals surface area contributed by atoms with Gasteiger partial charge < -0.3 is 29.2 Å². The van der Waals surface area contributed by atoms with Crippen LogP contribution >= 0.6 is 0 Å². The number of nitro benzene ring substituents is 1. The lowest BCUT2D eigenvalue weighted by Gasteiger charge is -2.22. The molecule has 3 heterocycles. The van der Waals surface area contributed by atoms with Crippen LogP contribution in [0.1, 0.15) is 0 Å². The number of nitrogens with one attached hydrogen (secondary N) is 1. The summed E-state index contributed by atoms with van der Waals surface area (Å²) in [7, 11) is 7.28. The Morgan fingerprint density at radius 3 is 2.81 bits per heavy atom. The van der Waals surface area contributed by atoms with Crippen LogP contribution in [0.3, 0.4) is 0 Å². The molecule has 192 valence electrons. The van der Waals surface area contributed by atoms with Crippen molar-refractivity contribution in [1.29, 1.82) is 0 Å². The zero-order chi connectivity index (χ0) is 26.1. The molecule has 11 heteroatoms. The molecular formula is C26H29N7O4. The van der Waals surface area contributed by atoms with E-state index < -0.39 is 0 Å². The first-order valence-corrected chi connectivity index (χ1v) is 11.9. The number of methoxy groups -OCH3 is 1. The highest BCUT2D eigenvalue weighted by Crippen LogP contribution is 2.40. The van der Waals surface area contributed by atoms with Crippen LogP contribution in [0.5, 0.6) is 11.5 Å². The minimum absolute atomic E-state index is 0.0327. The van der Waals surface area contributed by atoms with Gasteiger partial charge in [-0.25, -0.2) is 9.97 Å². The maximum atomic E-state index is 12.0. The van der Waals surface area contributed by atoms with Gasteiger partial charge >= 0.3 is 0 Å². The first-order valence-electron chi connectivity index (χ1n) is 11.9. The van der Waals surface area contributed by atoms with Gasteiger partial charge in [0.05, 0.1) is 35.5 Å². The molecule has 1 aliphatic rings. The van der Waals surface area contributed by atoms with E-state index in [-0.39, 0.29) is 10.6 Å². The molecule has 2 aromatic carbocycles. The highest BCUT2D eigenvalue weighted by atomic mass is 16.6. The van der Waals surface area contributed by atoms with E-state index in [0.717, 1.165) is 41.0 Å². The molecule has 0 spiro atoms. The molecule has 1 aliphatic heterocycles. The van der Waals surface area contributed by atoms with Gasteiger partial charge in [0.25, 0.3) is 5.69 Å². The Morgan fingerprint density at radius 2 is 2.05 bits per heavy atom. The Hall–Kier alpha value is -4.38. The Morgan fingerprint density at radius 1 is 1.22 bits per heavy atom. The number of benzene rings is 2. The van der Waals surface area contributed by atoms with Crippen LogP contribution in [0.25, 0.3) is 22.2 Å². The van der Waals surface area contributed by atoms with Crippen molar-refractivity contribution in [1.82, 2.24) is 19.4 Å². The SMILES string of the molecule is COc1cc(N(C)CCN(C)C)c([N+](=O)[O-])cc1Nc1nccc(-c2cn3c4c(cccc24)OCC3)n1. The van der Waals surface area contributed by atoms with Crippen LogP contribution in [0, 0.1) is 10.1 Å². The molecule has 0 fully saturated rings. The van der Waals surface area contributed by atoms with E-state index >= 15 is 0 Å². The Balaban J connectivity index is 1.50. The molecule has 37 heavy (non-hydrogen) atoms. The molecule has 4 aromatic rings. The van der Waals surface area contributed by atoms with Crippen LogP contribution in [-0.2, 0) is 6.54 Å². The number of rotatable bonds is 9. The van der Waals surface area contributed by atoms with E-state index in [0.29, 0.717) is 36.2 Å². The fourth-order valence-corrected chi connectivity index (χ4v) is 4.51. The van der Waals surface area contributed by atoms with Gasteiger partial charge in [-0.3, -0.25) is 10.1 Å². The van der Waals surface area contributed by atoms with Gasteiger partial charge in [-0.1, -0.05) is 12.1 Å². The average molecular weight is 504 g/mol. The highest BCUT2D eigenvalue weighted by Gasteiger charge is 2.23. The number of anilines is 3. The van der Waals surface area contributed by atoms with E-state index in [4.69, 9.17) is 14.5 Å². The third kappa shape index (κ3) is 4.73. The van der Waals surface area contributed by atoms with E-state index in [1.54, 1.807) is 12.3 Å². The summed E-state index contributed by atoms with van der Waals surface area (Å²) in [4.78, 5) is 24.5. The van der Waals surface area contributed by atoms with Gasteiger partial charge in [0.1, 0.15) is 23.8 Å². The Labute approximate surface area is 214 Å². The van der Waals surface area contributed by atoms with Gasteiger partial charge in [0, 0.05) is 55.6 Å². The van der Waals surface area contributed by atoms with Crippen LogP contribution < -0.4 is 19.7 Å². The minimum atomic E-state index is -0.390. The minimum Gasteiger partial charge on any atom is -0.494 e. The first-order chi connectivity index (χ1) is 17.9. The maximum Gasteiger partial charge on any atom is 0.294 e. The lowest BCUT2D eigenvalue weighted by molar-refractivity contribution is -0.384. The summed E-state index contributed by atoms with van der Waals surface area (Å²) in [5.74, 6) is 1.62. The Kier molecular flexibility index (Phi) is 6.53. The fourth-order valence-electron chi connectivity index (χ4n) is 4.51. The van der Waals surface area contributed by atoms with E-state index in [9.17, 15) is 10.1 Å². The predicted molar refractivity (Wildman–Crippen MR) is 143 cm³/mol. The number of para-hydroxylation sites is 1. The fraction of sp³-hybridized carbons (Fsp3) is 0.308. The van der Waals surface area contributed by atoms with Crippen LogP contribution in [-0.4, -0.2) is 72.3 Å². The number of hydrogen-bond acceptors (Lipinski definition) is 9. The maximum absolute atomic E-state index is 12.0. The lowest BCUT2D eigenvalue weighted by Crippen LogP contribution is -2.28. The standard InChI is InChI=1S/C26H29N7O4/c1-30(2)10-11-31(3)21-15-24(36-4)20(14-22(21)33(34)35)29-26-27-9-8-19(28-26)18-16-32-12-13-37-23-7-5-6-17(18)25(23)32/h5-9,14-16H,10-13H2,1-4H3,(H,27,28,29). The second kappa shape index (κ2) is 9.94. The van der Waals surface area contributed by atoms with Crippen LogP contribution in [0.15, 0.2) is 48.8 Å². The molecule has 0 atom stereocenters. The molecule has 0 saturated heterocycles. The molecule has 0 saturated carbocycles. The van der Waals surface area contributed by atoms with Gasteiger partial charge in [-0.15, -0.1) is 0 Å². The normalized spacial score (nSPS) is 12.5. The first kappa shape index (κ1) is 24.3. The summed E-state index contributed by atoms with van der Waals surface area (Å²) in [6, 6.07) is 11.0. The quantitative estimate of drug-likeness (QED) is 0.266. The van der Waals surface area contributed by atoms with E-state index in [1.165, 1.54) is 13.2 Å². The van der Waals surface area contributed by atoms with Crippen LogP contribution in [0.2, 0.25) is 0 Å². The summed E-state index contributed by atoms with van der Waals surface area (Å²) in [5, 5.41) is 16.1. The van der Waals surface area contributed by atoms with E-state index in [1.807, 2.05) is 55.2 Å². The highest BCUT2D eigenvalue weighted by molar-refractivity contribution is 5.98. The molecule has 0 bridgehead atoms. The van der Waals surface area contributed by atoms with Gasteiger partial charge in [-0.2, -0.15) is 0 Å². The summed E-state index contributed by atoms with van der Waals surface area (Å²) in [6.07, 6.45) is 3.74. The van der Waals surface area contributed by atoms with Gasteiger partial charge in [-0.05, 0) is 26.2 Å². The second-order valence-corrected chi connectivity index (χ2v) is 9.15. The molecule has 0 unspecified atom stereocenters. The van der Waals surface area contributed by atoms with Crippen molar-refractivity contribution in [2.24, 2.45) is 0 Å². The smallest absolute Gasteiger partial charge is 0.294 e. The predicted octanol–water partition coefficient (Wildman–Crippen LogP) is 4.15. The second-order valence-electron chi connectivity index (χ2n) is 9.15. The van der Waals surface area contributed by atoms with Crippen molar-refractivity contribution < 1.29 is 14.4 Å². The number of hydrogen-bond donors (Lipinski definition) is 1. The summed E-state index contributed by atoms with van der Waals surface area (Å²) in [6.45, 7) is 2.76. The monoisotopic (exact) mass is 503 g/mol. The molecule has 0 aliphatic carbocycles. The third-order valence-corrected chi connectivity index (χ3v) is 6.42. The number of aromatic nitrogens is 3. The van der Waals surface area contributed by atoms with Gasteiger partial charge in [0.2, 0.25) is 5.95 Å². The topological polar surface area (TPSA) is 111 Å². The molecular weight excluding hydrogens is 474 g/mol. The molecule has 0 radical (unpaired) electrons. The third-order valence-electron chi connectivity index (χ3n) is 6.42. The molecule has 11 nitrogen and oxygen atoms in total. The number of ether oxygens (including phenoxy) is 2. The molecule has 2 aromatic heterocycles. The van der Waals surface area contributed by atoms with E-state index in [2.05, 4.69) is 21.1 Å². The molecule has 1 N–H and O–H groups in total. The van der Waals surface area contributed by atoms with Crippen molar-refractivity contribution in [2.75, 3.05) is 58.2 Å². The number of nitrogens with zero attached hydrogens (tertiary/aromatic N) is 6. The zero-order valence-electron chi connectivity index (χ0n) is 21.3. The summed E-state index contributed by atoms with van der Waals surface area (Å²) in [5.41, 5.74) is 3.59. The Bertz CT molecular complexity index is 1470. The van der Waals surface area contributed by atoms with Crippen molar-refractivity contribution in [3.05, 3.63) is 58.9 Å². The van der Waals surface area contributed by atoms with Crippen molar-refractivity contribution in [3.63, 3.8) is 0 Å². The van der Waals surface area contributed by atoms with Crippen molar-refractivity contribution in [3.8, 4) is 22.8 Å². The zero-order valence-corrected chi connectivity index (χ0v) is 21.3. The van der Waals surface area contributed by atoms with Gasteiger partial charge in [0.15, 0.2) is 0 Å². The largest absolute Gasteiger partial charge is 0.494 e. The summed E-state index contributed by atoms with van der Waals surface area (Å²) < 4.78 is 13.6. The molecule has 0 amide bonds. The number of likely N-dealkylation sites (N-methyl/N-ethyl adjacent to an activating group) is 2. The molecule has 5 rings (SSSR count). The average Bonchev–Trinajstić information content (AvgIpc) is 3.28. The summed E-state index contributed by atoms with van der Waals surface area (Å²) >= 11 is 0. The lowest BCUT2D eigenvalue weighted by atomic mass is 10.1.